The number of thiazole rings is 1. The van der Waals surface area contributed by atoms with Crippen LogP contribution in [0.3, 0.4) is 0 Å². The largest absolute Gasteiger partial charge is 0.319 e. The predicted molar refractivity (Wildman–Crippen MR) is 120 cm³/mol. The molecule has 1 aromatic heterocycles. The van der Waals surface area contributed by atoms with E-state index in [1.54, 1.807) is 0 Å². The molecule has 0 aliphatic heterocycles. The summed E-state index contributed by atoms with van der Waals surface area (Å²) >= 11 is 7.59. The third kappa shape index (κ3) is 4.09. The number of carbonyl (C=O) groups is 1. The number of halogens is 1. The molecule has 3 nitrogen and oxygen atoms in total. The highest BCUT2D eigenvalue weighted by Gasteiger charge is 2.16. The summed E-state index contributed by atoms with van der Waals surface area (Å²) in [6, 6.07) is 25.3. The number of aromatic nitrogens is 1. The van der Waals surface area contributed by atoms with Crippen molar-refractivity contribution in [3.63, 3.8) is 0 Å². The molecule has 1 heterocycles. The van der Waals surface area contributed by atoms with E-state index in [2.05, 4.69) is 17.1 Å². The lowest BCUT2D eigenvalue weighted by Gasteiger charge is -2.07. The summed E-state index contributed by atoms with van der Waals surface area (Å²) in [4.78, 5) is 18.9. The number of hydrogen-bond acceptors (Lipinski definition) is 2. The minimum absolute atomic E-state index is 0.246. The van der Waals surface area contributed by atoms with Crippen LogP contribution >= 0.6 is 22.9 Å². The summed E-state index contributed by atoms with van der Waals surface area (Å²) in [6.45, 7) is 2.00. The standard InChI is InChI=1S/C24H19ClN2OS/c1-16-8-10-19(11-9-16)23(28)26-24-27(2)21(17-12-14-20(25)15-13-17)22(29-24)18-6-4-3-5-7-18/h3-15H,1-2H3. The summed E-state index contributed by atoms with van der Waals surface area (Å²) in [6.07, 6.45) is 0. The quantitative estimate of drug-likeness (QED) is 0.394. The zero-order valence-corrected chi connectivity index (χ0v) is 17.7. The molecule has 0 aliphatic rings. The van der Waals surface area contributed by atoms with Gasteiger partial charge in [0.25, 0.3) is 5.91 Å². The molecule has 144 valence electrons. The van der Waals surface area contributed by atoms with Gasteiger partial charge in [0.1, 0.15) is 0 Å². The molecule has 0 spiro atoms. The highest BCUT2D eigenvalue weighted by molar-refractivity contribution is 7.13. The van der Waals surface area contributed by atoms with Gasteiger partial charge in [-0.05, 0) is 42.3 Å². The van der Waals surface area contributed by atoms with Crippen molar-refractivity contribution in [3.05, 3.63) is 99.8 Å². The zero-order chi connectivity index (χ0) is 20.4. The van der Waals surface area contributed by atoms with Gasteiger partial charge in [0.05, 0.1) is 10.6 Å². The summed E-state index contributed by atoms with van der Waals surface area (Å²) in [5, 5.41) is 0.687. The van der Waals surface area contributed by atoms with Crippen molar-refractivity contribution in [2.45, 2.75) is 6.92 Å². The van der Waals surface area contributed by atoms with Crippen LogP contribution in [-0.2, 0) is 7.05 Å². The first-order chi connectivity index (χ1) is 14.0. The molecule has 0 aliphatic carbocycles. The lowest BCUT2D eigenvalue weighted by Crippen LogP contribution is -2.14. The first-order valence-electron chi connectivity index (χ1n) is 9.20. The van der Waals surface area contributed by atoms with Crippen LogP contribution in [0.25, 0.3) is 21.7 Å². The molecule has 0 radical (unpaired) electrons. The summed E-state index contributed by atoms with van der Waals surface area (Å²) in [5.41, 5.74) is 4.81. The van der Waals surface area contributed by atoms with E-state index in [0.29, 0.717) is 15.4 Å². The molecule has 29 heavy (non-hydrogen) atoms. The minimum atomic E-state index is -0.246. The number of nitrogens with zero attached hydrogens (tertiary/aromatic N) is 2. The van der Waals surface area contributed by atoms with E-state index >= 15 is 0 Å². The highest BCUT2D eigenvalue weighted by atomic mass is 35.5. The minimum Gasteiger partial charge on any atom is -0.319 e. The van der Waals surface area contributed by atoms with Gasteiger partial charge in [0.15, 0.2) is 4.80 Å². The molecule has 0 saturated carbocycles. The van der Waals surface area contributed by atoms with Gasteiger partial charge in [-0.15, -0.1) is 0 Å². The smallest absolute Gasteiger partial charge is 0.279 e. The SMILES string of the molecule is Cc1ccc(C(=O)N=c2sc(-c3ccccc3)c(-c3ccc(Cl)cc3)n2C)cc1. The molecule has 0 saturated heterocycles. The van der Waals surface area contributed by atoms with Crippen molar-refractivity contribution < 1.29 is 4.79 Å². The molecule has 5 heteroatoms. The van der Waals surface area contributed by atoms with Crippen LogP contribution in [0, 0.1) is 6.92 Å². The zero-order valence-electron chi connectivity index (χ0n) is 16.1. The molecule has 4 aromatic rings. The van der Waals surface area contributed by atoms with Gasteiger partial charge < -0.3 is 4.57 Å². The van der Waals surface area contributed by atoms with Gasteiger partial charge in [0.2, 0.25) is 0 Å². The topological polar surface area (TPSA) is 34.4 Å². The fraction of sp³-hybridized carbons (Fsp3) is 0.0833. The van der Waals surface area contributed by atoms with Crippen molar-refractivity contribution in [1.82, 2.24) is 4.57 Å². The monoisotopic (exact) mass is 418 g/mol. The van der Waals surface area contributed by atoms with Gasteiger partial charge in [-0.25, -0.2) is 0 Å². The summed E-state index contributed by atoms with van der Waals surface area (Å²) in [7, 11) is 1.94. The molecule has 0 fully saturated rings. The van der Waals surface area contributed by atoms with Crippen LogP contribution in [0.1, 0.15) is 15.9 Å². The van der Waals surface area contributed by atoms with Crippen LogP contribution in [-0.4, -0.2) is 10.5 Å². The third-order valence-electron chi connectivity index (χ3n) is 4.68. The van der Waals surface area contributed by atoms with Crippen LogP contribution in [0.4, 0.5) is 0 Å². The van der Waals surface area contributed by atoms with E-state index in [1.165, 1.54) is 11.3 Å². The van der Waals surface area contributed by atoms with Crippen molar-refractivity contribution >= 4 is 28.8 Å². The van der Waals surface area contributed by atoms with Gasteiger partial charge >= 0.3 is 0 Å². The van der Waals surface area contributed by atoms with Crippen LogP contribution in [0.5, 0.6) is 0 Å². The van der Waals surface area contributed by atoms with E-state index in [9.17, 15) is 4.79 Å². The Morgan fingerprint density at radius 2 is 1.55 bits per heavy atom. The van der Waals surface area contributed by atoms with Crippen LogP contribution in [0.2, 0.25) is 5.02 Å². The molecule has 3 aromatic carbocycles. The van der Waals surface area contributed by atoms with Crippen molar-refractivity contribution in [2.75, 3.05) is 0 Å². The molecule has 1 amide bonds. The Bertz CT molecular complexity index is 1220. The Morgan fingerprint density at radius 1 is 0.897 bits per heavy atom. The molecular weight excluding hydrogens is 400 g/mol. The van der Waals surface area contributed by atoms with E-state index in [-0.39, 0.29) is 5.91 Å². The number of carbonyl (C=O) groups excluding carboxylic acids is 1. The first-order valence-corrected chi connectivity index (χ1v) is 10.4. The van der Waals surface area contributed by atoms with Crippen molar-refractivity contribution in [2.24, 2.45) is 12.0 Å². The van der Waals surface area contributed by atoms with E-state index in [1.807, 2.05) is 85.3 Å². The van der Waals surface area contributed by atoms with Crippen molar-refractivity contribution in [3.8, 4) is 21.7 Å². The van der Waals surface area contributed by atoms with E-state index < -0.39 is 0 Å². The second kappa shape index (κ2) is 8.19. The Labute approximate surface area is 178 Å². The number of benzene rings is 3. The lowest BCUT2D eigenvalue weighted by atomic mass is 10.1. The summed E-state index contributed by atoms with van der Waals surface area (Å²) < 4.78 is 1.97. The fourth-order valence-electron chi connectivity index (χ4n) is 3.12. The number of aryl methyl sites for hydroxylation is 1. The van der Waals surface area contributed by atoms with E-state index in [0.717, 1.165) is 27.3 Å². The molecular formula is C24H19ClN2OS. The molecule has 4 rings (SSSR count). The highest BCUT2D eigenvalue weighted by Crippen LogP contribution is 2.34. The second-order valence-electron chi connectivity index (χ2n) is 6.78. The molecule has 0 unspecified atom stereocenters. The van der Waals surface area contributed by atoms with Crippen LogP contribution < -0.4 is 4.80 Å². The van der Waals surface area contributed by atoms with Gasteiger partial charge in [-0.2, -0.15) is 4.99 Å². The summed E-state index contributed by atoms with van der Waals surface area (Å²) in [5.74, 6) is -0.246. The Morgan fingerprint density at radius 3 is 2.21 bits per heavy atom. The Kier molecular flexibility index (Phi) is 5.47. The Hall–Kier alpha value is -2.95. The fourth-order valence-corrected chi connectivity index (χ4v) is 4.39. The molecule has 0 N–H and O–H groups in total. The lowest BCUT2D eigenvalue weighted by molar-refractivity contribution is 0.0998. The van der Waals surface area contributed by atoms with Gasteiger partial charge in [-0.3, -0.25) is 4.79 Å². The average Bonchev–Trinajstić information content (AvgIpc) is 3.06. The average molecular weight is 419 g/mol. The van der Waals surface area contributed by atoms with Crippen molar-refractivity contribution in [1.29, 1.82) is 0 Å². The predicted octanol–water partition coefficient (Wildman–Crippen LogP) is 6.12. The number of rotatable bonds is 3. The molecule has 0 atom stereocenters. The maximum absolute atomic E-state index is 12.7. The molecule has 0 bridgehead atoms. The van der Waals surface area contributed by atoms with Gasteiger partial charge in [0, 0.05) is 17.6 Å². The Balaban J connectivity index is 1.89. The maximum Gasteiger partial charge on any atom is 0.279 e. The normalized spacial score (nSPS) is 11.6. The van der Waals surface area contributed by atoms with Gasteiger partial charge in [-0.1, -0.05) is 83.1 Å². The second-order valence-corrected chi connectivity index (χ2v) is 8.19. The number of amides is 1. The number of hydrogen-bond donors (Lipinski definition) is 0. The van der Waals surface area contributed by atoms with Crippen LogP contribution in [0.15, 0.2) is 83.9 Å². The maximum atomic E-state index is 12.7. The third-order valence-corrected chi connectivity index (χ3v) is 6.11. The van der Waals surface area contributed by atoms with E-state index in [4.69, 9.17) is 11.6 Å². The first kappa shape index (κ1) is 19.4.